The van der Waals surface area contributed by atoms with Crippen LogP contribution in [0.3, 0.4) is 0 Å². The van der Waals surface area contributed by atoms with Gasteiger partial charge in [0.25, 0.3) is 0 Å². The first-order valence-electron chi connectivity index (χ1n) is 0.698. The summed E-state index contributed by atoms with van der Waals surface area (Å²) in [5.74, 6) is 0. The van der Waals surface area contributed by atoms with Crippen molar-refractivity contribution in [1.82, 2.24) is 0 Å². The van der Waals surface area contributed by atoms with Crippen LogP contribution in [0.25, 0.3) is 0 Å². The van der Waals surface area contributed by atoms with Gasteiger partial charge in [-0.15, -0.1) is 0 Å². The predicted octanol–water partition coefficient (Wildman–Crippen LogP) is -1.48. The zero-order valence-electron chi connectivity index (χ0n) is 3.70. The third-order valence-electron chi connectivity index (χ3n) is 0. The molecule has 8 heavy (non-hydrogen) atoms. The van der Waals surface area contributed by atoms with Crippen molar-refractivity contribution in [2.24, 2.45) is 0 Å². The molecule has 0 aromatic carbocycles. The van der Waals surface area contributed by atoms with Gasteiger partial charge in [-0.3, -0.25) is 9.11 Å². The van der Waals surface area contributed by atoms with Crippen LogP contribution in [0, 0.1) is 0 Å². The molecule has 0 aromatic rings. The molecule has 0 fully saturated rings. The molecule has 4 N–H and O–H groups in total. The molecular weight excluding hydrogens is 232 g/mol. The van der Waals surface area contributed by atoms with Gasteiger partial charge in [0, 0.05) is 36.5 Å². The smallest absolute Gasteiger partial charge is 0.394 e. The van der Waals surface area contributed by atoms with Crippen molar-refractivity contribution < 1.29 is 59.5 Å². The Kier molecular flexibility index (Phi) is 23.0. The van der Waals surface area contributed by atoms with Gasteiger partial charge < -0.3 is 5.48 Å². The van der Waals surface area contributed by atoms with Gasteiger partial charge in [0.1, 0.15) is 0 Å². The molecule has 0 saturated heterocycles. The first-order valence-corrected chi connectivity index (χ1v) is 2.10. The number of hydrogen-bond donors (Lipinski definition) is 2. The third-order valence-corrected chi connectivity index (χ3v) is 0. The fraction of sp³-hybridized carbons (Fsp3) is 0. The molecule has 0 rings (SSSR count). The zero-order valence-corrected chi connectivity index (χ0v) is 8.67. The van der Waals surface area contributed by atoms with Crippen LogP contribution in [0.5, 0.6) is 0 Å². The summed E-state index contributed by atoms with van der Waals surface area (Å²) in [5.41, 5.74) is 0. The van der Waals surface area contributed by atoms with Crippen LogP contribution in [-0.4, -0.2) is 23.0 Å². The molecule has 0 aliphatic heterocycles. The first kappa shape index (κ1) is 23.1. The second-order valence-electron chi connectivity index (χ2n) is 0.448. The molecule has 0 amide bonds. The van der Waals surface area contributed by atoms with E-state index in [0.29, 0.717) is 0 Å². The molecule has 0 atom stereocenters. The molecule has 0 heterocycles. The summed E-state index contributed by atoms with van der Waals surface area (Å²) >= 11 is 0. The number of hydrogen-bond acceptors (Lipinski definition) is 2. The minimum absolute atomic E-state index is 0. The largest absolute Gasteiger partial charge is 0.412 e. The summed E-state index contributed by atoms with van der Waals surface area (Å²) in [4.78, 5) is 0. The summed E-state index contributed by atoms with van der Waals surface area (Å²) in [7, 11) is -4.67. The topological polar surface area (TPSA) is 106 Å². The Labute approximate surface area is 70.0 Å². The monoisotopic (exact) mass is 235 g/mol. The van der Waals surface area contributed by atoms with Crippen LogP contribution in [-0.2, 0) is 46.9 Å². The van der Waals surface area contributed by atoms with Crippen LogP contribution in [0.1, 0.15) is 0 Å². The van der Waals surface area contributed by atoms with Crippen molar-refractivity contribution in [3.05, 3.63) is 0 Å². The summed E-state index contributed by atoms with van der Waals surface area (Å²) in [5, 5.41) is 0. The third kappa shape index (κ3) is 263. The minimum atomic E-state index is -4.67. The molecule has 5 nitrogen and oxygen atoms in total. The SMILES string of the molecule is O.O=S(=O)(O)O.[Mn].[Zn]. The number of rotatable bonds is 0. The van der Waals surface area contributed by atoms with Gasteiger partial charge in [0.15, 0.2) is 0 Å². The zero-order chi connectivity index (χ0) is 4.50. The van der Waals surface area contributed by atoms with Gasteiger partial charge in [-0.1, -0.05) is 0 Å². The molecular formula is H4MnO5SZn. The minimum Gasteiger partial charge on any atom is -0.412 e. The van der Waals surface area contributed by atoms with Crippen molar-refractivity contribution in [2.45, 2.75) is 0 Å². The van der Waals surface area contributed by atoms with Crippen molar-refractivity contribution in [3.8, 4) is 0 Å². The Hall–Kier alpha value is 0.973. The van der Waals surface area contributed by atoms with Crippen LogP contribution in [0.15, 0.2) is 0 Å². The van der Waals surface area contributed by atoms with Gasteiger partial charge in [0.2, 0.25) is 0 Å². The molecule has 0 aromatic heterocycles. The molecule has 0 unspecified atom stereocenters. The molecule has 0 aliphatic carbocycles. The van der Waals surface area contributed by atoms with Crippen molar-refractivity contribution in [2.75, 3.05) is 0 Å². The van der Waals surface area contributed by atoms with Crippen LogP contribution >= 0.6 is 0 Å². The van der Waals surface area contributed by atoms with Gasteiger partial charge in [-0.25, -0.2) is 0 Å². The summed E-state index contributed by atoms with van der Waals surface area (Å²) in [6.45, 7) is 0. The van der Waals surface area contributed by atoms with Gasteiger partial charge in [-0.05, 0) is 0 Å². The fourth-order valence-corrected chi connectivity index (χ4v) is 0. The van der Waals surface area contributed by atoms with E-state index in [1.165, 1.54) is 0 Å². The predicted molar refractivity (Wildman–Crippen MR) is 17.8 cm³/mol. The van der Waals surface area contributed by atoms with E-state index in [9.17, 15) is 0 Å². The van der Waals surface area contributed by atoms with E-state index in [2.05, 4.69) is 0 Å². The van der Waals surface area contributed by atoms with Crippen molar-refractivity contribution in [3.63, 3.8) is 0 Å². The van der Waals surface area contributed by atoms with Gasteiger partial charge in [0.05, 0.1) is 0 Å². The van der Waals surface area contributed by atoms with E-state index in [1.54, 1.807) is 0 Å². The molecule has 49 valence electrons. The van der Waals surface area contributed by atoms with Gasteiger partial charge >= 0.3 is 10.4 Å². The summed E-state index contributed by atoms with van der Waals surface area (Å²) < 4.78 is 31.6. The Bertz CT molecular complexity index is 95.6. The van der Waals surface area contributed by atoms with Crippen molar-refractivity contribution >= 4 is 10.4 Å². The second-order valence-corrected chi connectivity index (χ2v) is 1.34. The van der Waals surface area contributed by atoms with Crippen LogP contribution in [0.4, 0.5) is 0 Å². The van der Waals surface area contributed by atoms with Crippen LogP contribution < -0.4 is 0 Å². The summed E-state index contributed by atoms with van der Waals surface area (Å²) in [6, 6.07) is 0. The average Bonchev–Trinajstić information content (AvgIpc) is 0.722. The molecule has 0 saturated carbocycles. The summed E-state index contributed by atoms with van der Waals surface area (Å²) in [6.07, 6.45) is 0. The quantitative estimate of drug-likeness (QED) is 0.395. The fourth-order valence-electron chi connectivity index (χ4n) is 0. The van der Waals surface area contributed by atoms with E-state index in [1.807, 2.05) is 0 Å². The average molecular weight is 236 g/mol. The van der Waals surface area contributed by atoms with E-state index in [4.69, 9.17) is 17.5 Å². The maximum Gasteiger partial charge on any atom is 0.394 e. The standard InChI is InChI=1S/Mn.H2O4S.H2O.Zn/c;1-5(2,3)4;;/h;(H2,1,2,3,4);1H2;. The van der Waals surface area contributed by atoms with E-state index in [-0.39, 0.29) is 42.0 Å². The first-order chi connectivity index (χ1) is 2.00. The van der Waals surface area contributed by atoms with Crippen molar-refractivity contribution in [1.29, 1.82) is 0 Å². The molecule has 1 radical (unpaired) electrons. The Morgan fingerprint density at radius 1 is 1.12 bits per heavy atom. The molecule has 0 spiro atoms. The second kappa shape index (κ2) is 7.97. The molecule has 0 aliphatic rings. The van der Waals surface area contributed by atoms with E-state index >= 15 is 0 Å². The maximum atomic E-state index is 8.74. The molecule has 0 bridgehead atoms. The van der Waals surface area contributed by atoms with Gasteiger partial charge in [-0.2, -0.15) is 8.42 Å². The van der Waals surface area contributed by atoms with Crippen LogP contribution in [0.2, 0.25) is 0 Å². The molecule has 8 heteroatoms. The maximum absolute atomic E-state index is 8.74. The van der Waals surface area contributed by atoms with E-state index in [0.717, 1.165) is 0 Å². The Morgan fingerprint density at radius 2 is 1.12 bits per heavy atom. The Morgan fingerprint density at radius 3 is 1.12 bits per heavy atom. The Balaban J connectivity index is -0.0000000267. The normalized spacial score (nSPS) is 7.25. The van der Waals surface area contributed by atoms with E-state index < -0.39 is 10.4 Å².